The van der Waals surface area contributed by atoms with Crippen LogP contribution in [0.3, 0.4) is 0 Å². The van der Waals surface area contributed by atoms with Crippen LogP contribution in [0, 0.1) is 0 Å². The predicted octanol–water partition coefficient (Wildman–Crippen LogP) is 12.7. The Bertz CT molecular complexity index is 1060. The first-order chi connectivity index (χ1) is 28.2. The fourth-order valence-corrected chi connectivity index (χ4v) is 7.27. The summed E-state index contributed by atoms with van der Waals surface area (Å²) in [7, 11) is -4.62. The zero-order chi connectivity index (χ0) is 42.6. The number of phosphoric acid groups is 1. The fraction of sp³-hybridized carbons (Fsp3) is 0.830. The molecule has 0 radical (unpaired) electrons. The van der Waals surface area contributed by atoms with Gasteiger partial charge in [0.25, 0.3) is 0 Å². The molecule has 0 bridgehead atoms. The molecule has 0 fully saturated rings. The molecule has 0 saturated heterocycles. The highest BCUT2D eigenvalue weighted by atomic mass is 31.2. The van der Waals surface area contributed by atoms with Gasteiger partial charge in [-0.15, -0.1) is 0 Å². The van der Waals surface area contributed by atoms with Gasteiger partial charge in [-0.3, -0.25) is 18.6 Å². The van der Waals surface area contributed by atoms with Crippen LogP contribution in [0.5, 0.6) is 0 Å². The average Bonchev–Trinajstić information content (AvgIpc) is 3.21. The van der Waals surface area contributed by atoms with E-state index in [4.69, 9.17) is 23.6 Å². The third kappa shape index (κ3) is 42.3. The normalized spacial score (nSPS) is 14.1. The van der Waals surface area contributed by atoms with Crippen molar-refractivity contribution in [3.8, 4) is 0 Å². The summed E-state index contributed by atoms with van der Waals surface area (Å²) in [5.74, 6) is -0.937. The number of aliphatic hydroxyl groups is 2. The molecule has 58 heavy (non-hydrogen) atoms. The number of carbonyl (C=O) groups is 2. The minimum absolute atomic E-state index is 0.166. The quantitative estimate of drug-likeness (QED) is 0.0234. The van der Waals surface area contributed by atoms with Gasteiger partial charge < -0.3 is 24.6 Å². The Kier molecular flexibility index (Phi) is 41.9. The number of rotatable bonds is 44. The first kappa shape index (κ1) is 56.2. The number of unbranched alkanes of at least 4 members (excludes halogenated alkanes) is 24. The monoisotopic (exact) mass is 843 g/mol. The van der Waals surface area contributed by atoms with E-state index in [2.05, 4.69) is 50.3 Å². The van der Waals surface area contributed by atoms with Gasteiger partial charge in [0.2, 0.25) is 0 Å². The topological polar surface area (TPSA) is 149 Å². The van der Waals surface area contributed by atoms with E-state index in [-0.39, 0.29) is 19.4 Å². The second-order valence-corrected chi connectivity index (χ2v) is 17.2. The van der Waals surface area contributed by atoms with Crippen LogP contribution in [0.15, 0.2) is 36.5 Å². The zero-order valence-corrected chi connectivity index (χ0v) is 37.9. The Labute approximate surface area is 354 Å². The molecule has 0 aliphatic carbocycles. The molecule has 0 rings (SSSR count). The van der Waals surface area contributed by atoms with Gasteiger partial charge in [-0.05, 0) is 44.9 Å². The summed E-state index contributed by atoms with van der Waals surface area (Å²) in [4.78, 5) is 35.1. The van der Waals surface area contributed by atoms with Crippen LogP contribution in [0.4, 0.5) is 0 Å². The van der Waals surface area contributed by atoms with Crippen molar-refractivity contribution in [2.75, 3.05) is 26.4 Å². The molecule has 11 heteroatoms. The Balaban J connectivity index is 4.21. The fourth-order valence-electron chi connectivity index (χ4n) is 6.48. The molecule has 0 aromatic carbocycles. The van der Waals surface area contributed by atoms with Gasteiger partial charge in [0.1, 0.15) is 12.7 Å². The van der Waals surface area contributed by atoms with Crippen LogP contribution in [-0.2, 0) is 32.7 Å². The van der Waals surface area contributed by atoms with E-state index in [1.54, 1.807) is 0 Å². The van der Waals surface area contributed by atoms with E-state index in [0.717, 1.165) is 70.6 Å². The van der Waals surface area contributed by atoms with Crippen molar-refractivity contribution in [2.24, 2.45) is 0 Å². The van der Waals surface area contributed by atoms with Crippen molar-refractivity contribution in [2.45, 2.75) is 225 Å². The number of ether oxygens (including phenoxy) is 2. The van der Waals surface area contributed by atoms with E-state index >= 15 is 0 Å². The van der Waals surface area contributed by atoms with Gasteiger partial charge in [0.05, 0.1) is 19.8 Å². The van der Waals surface area contributed by atoms with Gasteiger partial charge in [-0.1, -0.05) is 192 Å². The van der Waals surface area contributed by atoms with Crippen LogP contribution in [-0.4, -0.2) is 65.7 Å². The molecule has 0 aliphatic rings. The number of aliphatic hydroxyl groups excluding tert-OH is 2. The van der Waals surface area contributed by atoms with Crippen molar-refractivity contribution in [3.05, 3.63) is 36.5 Å². The van der Waals surface area contributed by atoms with Gasteiger partial charge in [-0.25, -0.2) is 4.57 Å². The third-order valence-corrected chi connectivity index (χ3v) is 11.0. The summed E-state index contributed by atoms with van der Waals surface area (Å²) in [6.45, 7) is 2.28. The smallest absolute Gasteiger partial charge is 0.462 e. The highest BCUT2D eigenvalue weighted by Crippen LogP contribution is 2.43. The summed E-state index contributed by atoms with van der Waals surface area (Å²) in [5.41, 5.74) is 0. The maximum absolute atomic E-state index is 12.6. The maximum atomic E-state index is 12.6. The SMILES string of the molecule is CC/C=C\C/C=C\C/C=C\CCCCCCCC(=O)OC(COC(=O)CCCCCCCCCCCCCCCCCCCCCC)COP(=O)(O)OCC(O)CO. The van der Waals surface area contributed by atoms with Crippen molar-refractivity contribution in [1.29, 1.82) is 0 Å². The first-order valence-electron chi connectivity index (χ1n) is 23.4. The van der Waals surface area contributed by atoms with E-state index < -0.39 is 51.8 Å². The highest BCUT2D eigenvalue weighted by Gasteiger charge is 2.27. The second-order valence-electron chi connectivity index (χ2n) is 15.8. The summed E-state index contributed by atoms with van der Waals surface area (Å²) < 4.78 is 32.8. The second kappa shape index (κ2) is 43.3. The largest absolute Gasteiger partial charge is 0.472 e. The molecule has 3 unspecified atom stereocenters. The van der Waals surface area contributed by atoms with E-state index in [1.165, 1.54) is 103 Å². The Morgan fingerprint density at radius 3 is 1.43 bits per heavy atom. The number of allylic oxidation sites excluding steroid dienone is 6. The number of carbonyl (C=O) groups excluding carboxylic acids is 2. The van der Waals surface area contributed by atoms with Gasteiger partial charge >= 0.3 is 19.8 Å². The zero-order valence-electron chi connectivity index (χ0n) is 37.0. The summed E-state index contributed by atoms with van der Waals surface area (Å²) >= 11 is 0. The van der Waals surface area contributed by atoms with Crippen molar-refractivity contribution < 1.29 is 47.8 Å². The Morgan fingerprint density at radius 1 is 0.534 bits per heavy atom. The first-order valence-corrected chi connectivity index (χ1v) is 24.9. The molecule has 0 saturated carbocycles. The lowest BCUT2D eigenvalue weighted by Crippen LogP contribution is -2.29. The molecule has 0 heterocycles. The van der Waals surface area contributed by atoms with E-state index in [1.807, 2.05) is 0 Å². The van der Waals surface area contributed by atoms with Gasteiger partial charge in [0.15, 0.2) is 6.10 Å². The van der Waals surface area contributed by atoms with Crippen LogP contribution in [0.2, 0.25) is 0 Å². The highest BCUT2D eigenvalue weighted by molar-refractivity contribution is 7.47. The molecule has 0 aromatic heterocycles. The molecule has 0 amide bonds. The van der Waals surface area contributed by atoms with Crippen molar-refractivity contribution >= 4 is 19.8 Å². The number of hydrogen-bond acceptors (Lipinski definition) is 9. The van der Waals surface area contributed by atoms with Gasteiger partial charge in [0, 0.05) is 12.8 Å². The minimum Gasteiger partial charge on any atom is -0.462 e. The lowest BCUT2D eigenvalue weighted by atomic mass is 10.0. The van der Waals surface area contributed by atoms with Gasteiger partial charge in [-0.2, -0.15) is 0 Å². The lowest BCUT2D eigenvalue weighted by Gasteiger charge is -2.20. The molecular formula is C47H87O10P. The predicted molar refractivity (Wildman–Crippen MR) is 238 cm³/mol. The van der Waals surface area contributed by atoms with Crippen LogP contribution < -0.4 is 0 Å². The summed E-state index contributed by atoms with van der Waals surface area (Å²) in [5, 5.41) is 18.4. The molecule has 0 aromatic rings. The molecule has 3 N–H and O–H groups in total. The number of esters is 2. The molecule has 0 spiro atoms. The van der Waals surface area contributed by atoms with E-state index in [9.17, 15) is 24.2 Å². The van der Waals surface area contributed by atoms with Crippen LogP contribution in [0.25, 0.3) is 0 Å². The molecule has 0 aliphatic heterocycles. The maximum Gasteiger partial charge on any atom is 0.472 e. The molecule has 10 nitrogen and oxygen atoms in total. The third-order valence-electron chi connectivity index (χ3n) is 10.1. The summed E-state index contributed by atoms with van der Waals surface area (Å²) in [6.07, 6.45) is 45.4. The number of phosphoric ester groups is 1. The lowest BCUT2D eigenvalue weighted by molar-refractivity contribution is -0.161. The molecular weight excluding hydrogens is 755 g/mol. The number of hydrogen-bond donors (Lipinski definition) is 3. The molecule has 340 valence electrons. The minimum atomic E-state index is -4.62. The van der Waals surface area contributed by atoms with Crippen LogP contribution >= 0.6 is 7.82 Å². The molecule has 3 atom stereocenters. The Hall–Kier alpha value is -1.81. The standard InChI is InChI=1S/C47H87O10P/c1-3-5-7-9-11-13-15-17-19-20-21-22-23-25-26-28-30-32-34-36-38-46(50)54-42-45(43-56-58(52,53)55-41-44(49)40-48)57-47(51)39-37-35-33-31-29-27-24-18-16-14-12-10-8-6-4-2/h6,8,12,14,18,24,44-45,48-49H,3-5,7,9-11,13,15-17,19-23,25-43H2,1-2H3,(H,52,53)/b8-6-,14-12-,24-18-. The van der Waals surface area contributed by atoms with Crippen LogP contribution in [0.1, 0.15) is 213 Å². The summed E-state index contributed by atoms with van der Waals surface area (Å²) in [6, 6.07) is 0. The average molecular weight is 843 g/mol. The van der Waals surface area contributed by atoms with Crippen molar-refractivity contribution in [1.82, 2.24) is 0 Å². The van der Waals surface area contributed by atoms with E-state index in [0.29, 0.717) is 12.8 Å². The van der Waals surface area contributed by atoms with Crippen molar-refractivity contribution in [3.63, 3.8) is 0 Å². The Morgan fingerprint density at radius 2 is 0.948 bits per heavy atom.